The lowest BCUT2D eigenvalue weighted by atomic mass is 9.85. The molecule has 1 unspecified atom stereocenters. The molecule has 34 heavy (non-hydrogen) atoms. The molecule has 0 amide bonds. The summed E-state index contributed by atoms with van der Waals surface area (Å²) in [5.74, 6) is -0.167. The van der Waals surface area contributed by atoms with Gasteiger partial charge in [-0.05, 0) is 71.2 Å². The summed E-state index contributed by atoms with van der Waals surface area (Å²) < 4.78 is 30.9. The summed E-state index contributed by atoms with van der Waals surface area (Å²) in [7, 11) is 0. The van der Waals surface area contributed by atoms with Gasteiger partial charge in [0, 0.05) is 16.3 Å². The van der Waals surface area contributed by atoms with Gasteiger partial charge < -0.3 is 3.52 Å². The van der Waals surface area contributed by atoms with E-state index < -0.39 is 20.0 Å². The van der Waals surface area contributed by atoms with Crippen LogP contribution in [-0.2, 0) is 4.28 Å². The number of imidazole rings is 1. The van der Waals surface area contributed by atoms with E-state index in [0.717, 1.165) is 61.0 Å². The third kappa shape index (κ3) is 3.22. The highest BCUT2D eigenvalue weighted by molar-refractivity contribution is 6.33. The molecule has 5 aromatic rings. The Balaban J connectivity index is 2.09. The van der Waals surface area contributed by atoms with Crippen molar-refractivity contribution in [1.29, 1.82) is 0 Å². The van der Waals surface area contributed by atoms with Crippen LogP contribution in [0.3, 0.4) is 0 Å². The van der Waals surface area contributed by atoms with Crippen molar-refractivity contribution in [3.8, 4) is 11.3 Å². The van der Waals surface area contributed by atoms with Crippen molar-refractivity contribution in [3.05, 3.63) is 82.8 Å². The van der Waals surface area contributed by atoms with Gasteiger partial charge in [0.1, 0.15) is 11.5 Å². The van der Waals surface area contributed by atoms with Gasteiger partial charge in [-0.2, -0.15) is 0 Å². The Bertz CT molecular complexity index is 1560. The van der Waals surface area contributed by atoms with E-state index in [9.17, 15) is 7.91 Å². The van der Waals surface area contributed by atoms with E-state index in [0.29, 0.717) is 0 Å². The van der Waals surface area contributed by atoms with Crippen LogP contribution in [0.25, 0.3) is 38.6 Å². The number of hydrogen-bond acceptors (Lipinski definition) is 1. The van der Waals surface area contributed by atoms with Gasteiger partial charge in [0.05, 0.1) is 16.9 Å². The van der Waals surface area contributed by atoms with E-state index in [1.54, 1.807) is 6.07 Å². The Morgan fingerprint density at radius 2 is 1.62 bits per heavy atom. The van der Waals surface area contributed by atoms with Crippen molar-refractivity contribution in [1.82, 2.24) is 9.38 Å². The van der Waals surface area contributed by atoms with Crippen LogP contribution in [-0.4, -0.2) is 25.1 Å². The van der Waals surface area contributed by atoms with E-state index >= 15 is 0 Å². The second-order valence-corrected chi connectivity index (χ2v) is 11.3. The third-order valence-electron chi connectivity index (χ3n) is 7.55. The average Bonchev–Trinajstić information content (AvgIpc) is 3.14. The topological polar surface area (TPSA) is 17.3 Å². The van der Waals surface area contributed by atoms with Crippen molar-refractivity contribution in [2.45, 2.75) is 45.8 Å². The van der Waals surface area contributed by atoms with Gasteiger partial charge in [-0.25, -0.2) is 9.37 Å². The predicted molar refractivity (Wildman–Crippen MR) is 139 cm³/mol. The molecule has 5 rings (SSSR count). The quantitative estimate of drug-likeness (QED) is 0.194. The van der Waals surface area contributed by atoms with Crippen LogP contribution in [0.5, 0.6) is 0 Å². The number of rotatable bonds is 4. The highest BCUT2D eigenvalue weighted by atomic mass is 27.2. The average molecular weight is 470 g/mol. The van der Waals surface area contributed by atoms with Crippen LogP contribution < -0.4 is 0 Å². The maximum Gasteiger partial charge on any atom is 0.502 e. The van der Waals surface area contributed by atoms with E-state index in [4.69, 9.17) is 4.98 Å². The van der Waals surface area contributed by atoms with Crippen LogP contribution >= 0.6 is 0 Å². The van der Waals surface area contributed by atoms with Crippen molar-refractivity contribution < 1.29 is 7.91 Å². The first-order chi connectivity index (χ1) is 16.2. The zero-order valence-electron chi connectivity index (χ0n) is 20.5. The molecule has 1 radical (unpaired) electrons. The second-order valence-electron chi connectivity index (χ2n) is 9.91. The minimum Gasteiger partial charge on any atom is -0.431 e. The Labute approximate surface area is 205 Å². The number of aryl methyl sites for hydroxylation is 3. The molecule has 0 fully saturated rings. The molecule has 0 spiro atoms. The molecule has 0 saturated heterocycles. The predicted octanol–water partition coefficient (Wildman–Crippen LogP) is 7.83. The SMILES string of the molecule is Cc1cccc(C)c1-c1c(C)nc2c3c([C](C)([Al][F])C(C)C)cccc3c3ccc(F)cc3n12. The molecular weight excluding hydrogens is 441 g/mol. The molecule has 0 bridgehead atoms. The molecule has 0 aliphatic carbocycles. The molecule has 1 atom stereocenters. The van der Waals surface area contributed by atoms with Gasteiger partial charge in [0.25, 0.3) is 0 Å². The molecule has 0 aliphatic heterocycles. The van der Waals surface area contributed by atoms with Gasteiger partial charge in [-0.1, -0.05) is 57.2 Å². The highest BCUT2D eigenvalue weighted by Gasteiger charge is 2.36. The van der Waals surface area contributed by atoms with E-state index in [-0.39, 0.29) is 11.7 Å². The van der Waals surface area contributed by atoms with Gasteiger partial charge >= 0.3 is 15.7 Å². The molecule has 3 aromatic carbocycles. The van der Waals surface area contributed by atoms with Gasteiger partial charge in [-0.15, -0.1) is 0 Å². The highest BCUT2D eigenvalue weighted by Crippen LogP contribution is 2.42. The molecule has 5 heteroatoms. The lowest BCUT2D eigenvalue weighted by Crippen LogP contribution is -2.33. The summed E-state index contributed by atoms with van der Waals surface area (Å²) in [5, 5.41) is 2.89. The normalized spacial score (nSPS) is 13.8. The number of pyridine rings is 1. The van der Waals surface area contributed by atoms with Crippen LogP contribution in [0, 0.1) is 32.5 Å². The fourth-order valence-corrected chi connectivity index (χ4v) is 5.90. The smallest absolute Gasteiger partial charge is 0.431 e. The Kier molecular flexibility index (Phi) is 5.54. The lowest BCUT2D eigenvalue weighted by molar-refractivity contribution is 0.451. The van der Waals surface area contributed by atoms with Crippen LogP contribution in [0.4, 0.5) is 7.91 Å². The van der Waals surface area contributed by atoms with Gasteiger partial charge in [0.2, 0.25) is 0 Å². The Hall–Kier alpha value is -2.74. The summed E-state index contributed by atoms with van der Waals surface area (Å²) in [6.07, 6.45) is 0. The largest absolute Gasteiger partial charge is 0.502 e. The zero-order valence-corrected chi connectivity index (χ0v) is 21.7. The van der Waals surface area contributed by atoms with Crippen LogP contribution in [0.15, 0.2) is 54.6 Å². The molecule has 0 N–H and O–H groups in total. The molecule has 2 aromatic heterocycles. The van der Waals surface area contributed by atoms with Crippen molar-refractivity contribution in [2.75, 3.05) is 0 Å². The number of fused-ring (bicyclic) bond motifs is 6. The molecule has 171 valence electrons. The summed E-state index contributed by atoms with van der Waals surface area (Å²) in [5.41, 5.74) is 7.76. The third-order valence-corrected chi connectivity index (χ3v) is 8.99. The summed E-state index contributed by atoms with van der Waals surface area (Å²) in [6, 6.07) is 17.3. The fourth-order valence-electron chi connectivity index (χ4n) is 5.29. The maximum atomic E-state index is 14.7. The monoisotopic (exact) mass is 469 g/mol. The lowest BCUT2D eigenvalue weighted by Gasteiger charge is -2.32. The number of nitrogens with zero attached hydrogens (tertiary/aromatic N) is 2. The second kappa shape index (κ2) is 8.19. The standard InChI is InChI=1S/C29H28FN2.Al.FH/c1-16(2)19(5)22-11-8-12-24-23-14-13-21(30)15-25(23)32-28(20(6)31-29(32)27(22)24)26-17(3)9-7-10-18(26)4;;/h7-16H,1-6H3;;1H/q;+1;/p-1. The van der Waals surface area contributed by atoms with Crippen LogP contribution in [0.1, 0.15) is 43.2 Å². The first-order valence-electron chi connectivity index (χ1n) is 11.7. The maximum absolute atomic E-state index is 14.7. The van der Waals surface area contributed by atoms with E-state index in [1.165, 1.54) is 6.07 Å². The minimum atomic E-state index is -1.32. The minimum absolute atomic E-state index is 0.121. The van der Waals surface area contributed by atoms with Crippen molar-refractivity contribution >= 4 is 43.0 Å². The Morgan fingerprint density at radius 1 is 0.941 bits per heavy atom. The molecule has 2 heterocycles. The van der Waals surface area contributed by atoms with E-state index in [1.807, 2.05) is 32.0 Å². The summed E-state index contributed by atoms with van der Waals surface area (Å²) >= 11 is -1.32. The van der Waals surface area contributed by atoms with Crippen LogP contribution in [0.2, 0.25) is 0 Å². The number of hydrogen-bond donors (Lipinski definition) is 0. The first kappa shape index (κ1) is 23.0. The first-order valence-corrected chi connectivity index (χ1v) is 12.7. The fraction of sp³-hybridized carbons (Fsp3) is 0.276. The van der Waals surface area contributed by atoms with E-state index in [2.05, 4.69) is 56.4 Å². The zero-order chi connectivity index (χ0) is 24.4. The number of benzene rings is 3. The number of aromatic nitrogens is 2. The summed E-state index contributed by atoms with van der Waals surface area (Å²) in [4.78, 5) is 5.07. The molecular formula is C29H28AlF2N2. The summed E-state index contributed by atoms with van der Waals surface area (Å²) in [6.45, 7) is 12.4. The Morgan fingerprint density at radius 3 is 2.26 bits per heavy atom. The van der Waals surface area contributed by atoms with Gasteiger partial charge in [-0.3, -0.25) is 4.40 Å². The molecule has 0 saturated carbocycles. The molecule has 2 nitrogen and oxygen atoms in total. The van der Waals surface area contributed by atoms with Crippen molar-refractivity contribution in [2.24, 2.45) is 5.92 Å². The molecule has 0 aliphatic rings. The van der Waals surface area contributed by atoms with Gasteiger partial charge in [0.15, 0.2) is 0 Å². The number of halogens is 2. The van der Waals surface area contributed by atoms with Crippen molar-refractivity contribution in [3.63, 3.8) is 0 Å².